The number of aromatic nitrogens is 2. The lowest BCUT2D eigenvalue weighted by atomic mass is 10.3. The van der Waals surface area contributed by atoms with E-state index in [1.54, 1.807) is 4.90 Å². The number of carboxylic acid groups (broad SMARTS) is 1. The Hall–Kier alpha value is -1.85. The topological polar surface area (TPSA) is 75.6 Å². The maximum Gasteiger partial charge on any atom is 0.323 e. The summed E-state index contributed by atoms with van der Waals surface area (Å²) >= 11 is 0. The predicted molar refractivity (Wildman–Crippen MR) is 63.5 cm³/mol. The number of hydrogen-bond acceptors (Lipinski definition) is 5. The van der Waals surface area contributed by atoms with Crippen LogP contribution in [-0.2, 0) is 4.79 Å². The fraction of sp³-hybridized carbons (Fsp3) is 0.545. The molecular formula is C11H17N3O3. The first-order valence-electron chi connectivity index (χ1n) is 5.42. The summed E-state index contributed by atoms with van der Waals surface area (Å²) in [6, 6.07) is 0. The zero-order chi connectivity index (χ0) is 12.8. The molecule has 0 aliphatic rings. The van der Waals surface area contributed by atoms with Crippen molar-refractivity contribution in [2.24, 2.45) is 0 Å². The molecule has 0 radical (unpaired) electrons. The lowest BCUT2D eigenvalue weighted by Gasteiger charge is -2.22. The van der Waals surface area contributed by atoms with Crippen molar-refractivity contribution in [3.8, 4) is 5.88 Å². The molecule has 0 fully saturated rings. The smallest absolute Gasteiger partial charge is 0.323 e. The summed E-state index contributed by atoms with van der Waals surface area (Å²) in [5.41, 5.74) is 0.754. The molecule has 0 aliphatic heterocycles. The standard InChI is InChI=1S/C11H17N3O3/c1-4-5-14(6-9(15)16)10-8(2)11(17-3)13-7-12-10/h7H,4-6H2,1-3H3,(H,15,16). The van der Waals surface area contributed by atoms with Crippen molar-refractivity contribution in [3.63, 3.8) is 0 Å². The quantitative estimate of drug-likeness (QED) is 0.801. The van der Waals surface area contributed by atoms with E-state index in [9.17, 15) is 4.79 Å². The van der Waals surface area contributed by atoms with E-state index in [1.807, 2.05) is 13.8 Å². The highest BCUT2D eigenvalue weighted by Crippen LogP contribution is 2.23. The average Bonchev–Trinajstić information content (AvgIpc) is 2.28. The van der Waals surface area contributed by atoms with Crippen LogP contribution < -0.4 is 9.64 Å². The van der Waals surface area contributed by atoms with E-state index in [-0.39, 0.29) is 6.54 Å². The molecule has 1 heterocycles. The normalized spacial score (nSPS) is 10.1. The van der Waals surface area contributed by atoms with E-state index < -0.39 is 5.97 Å². The van der Waals surface area contributed by atoms with Crippen molar-refractivity contribution < 1.29 is 14.6 Å². The number of carbonyl (C=O) groups is 1. The summed E-state index contributed by atoms with van der Waals surface area (Å²) in [4.78, 5) is 20.6. The Morgan fingerprint density at radius 1 is 1.53 bits per heavy atom. The van der Waals surface area contributed by atoms with Crippen molar-refractivity contribution in [2.75, 3.05) is 25.1 Å². The Balaban J connectivity index is 3.04. The zero-order valence-electron chi connectivity index (χ0n) is 10.3. The SMILES string of the molecule is CCCN(CC(=O)O)c1ncnc(OC)c1C. The van der Waals surface area contributed by atoms with Crippen LogP contribution in [0.1, 0.15) is 18.9 Å². The number of nitrogens with zero attached hydrogens (tertiary/aromatic N) is 3. The Bertz CT molecular complexity index is 396. The minimum atomic E-state index is -0.879. The van der Waals surface area contributed by atoms with Crippen molar-refractivity contribution in [1.82, 2.24) is 9.97 Å². The molecule has 17 heavy (non-hydrogen) atoms. The summed E-state index contributed by atoms with van der Waals surface area (Å²) in [6.45, 7) is 4.36. The number of carboxylic acids is 1. The third kappa shape index (κ3) is 3.30. The van der Waals surface area contributed by atoms with E-state index in [4.69, 9.17) is 9.84 Å². The largest absolute Gasteiger partial charge is 0.481 e. The molecule has 0 aromatic carbocycles. The van der Waals surface area contributed by atoms with Gasteiger partial charge >= 0.3 is 5.97 Å². The van der Waals surface area contributed by atoms with Gasteiger partial charge in [0.05, 0.1) is 12.7 Å². The van der Waals surface area contributed by atoms with Gasteiger partial charge in [0.2, 0.25) is 5.88 Å². The number of hydrogen-bond donors (Lipinski definition) is 1. The summed E-state index contributed by atoms with van der Waals surface area (Å²) in [7, 11) is 1.53. The van der Waals surface area contributed by atoms with Gasteiger partial charge in [0.15, 0.2) is 0 Å². The van der Waals surface area contributed by atoms with Gasteiger partial charge in [0.1, 0.15) is 18.7 Å². The van der Waals surface area contributed by atoms with E-state index in [0.29, 0.717) is 18.2 Å². The van der Waals surface area contributed by atoms with E-state index in [1.165, 1.54) is 13.4 Å². The second kappa shape index (κ2) is 6.03. The van der Waals surface area contributed by atoms with Crippen molar-refractivity contribution >= 4 is 11.8 Å². The summed E-state index contributed by atoms with van der Waals surface area (Å²) < 4.78 is 5.09. The van der Waals surface area contributed by atoms with Gasteiger partial charge in [0, 0.05) is 6.54 Å². The van der Waals surface area contributed by atoms with E-state index >= 15 is 0 Å². The van der Waals surface area contributed by atoms with Crippen LogP contribution >= 0.6 is 0 Å². The summed E-state index contributed by atoms with van der Waals surface area (Å²) in [5.74, 6) is 0.207. The molecule has 0 spiro atoms. The number of aliphatic carboxylic acids is 1. The molecule has 0 saturated heterocycles. The summed E-state index contributed by atoms with van der Waals surface area (Å²) in [5, 5.41) is 8.87. The van der Waals surface area contributed by atoms with Crippen LogP contribution in [0.25, 0.3) is 0 Å². The van der Waals surface area contributed by atoms with Crippen LogP contribution in [-0.4, -0.2) is 41.2 Å². The number of anilines is 1. The fourth-order valence-corrected chi connectivity index (χ4v) is 1.64. The first-order valence-corrected chi connectivity index (χ1v) is 5.42. The molecule has 0 bridgehead atoms. The second-order valence-corrected chi connectivity index (χ2v) is 3.65. The van der Waals surface area contributed by atoms with Gasteiger partial charge in [0.25, 0.3) is 0 Å². The first-order chi connectivity index (χ1) is 8.10. The van der Waals surface area contributed by atoms with Crippen LogP contribution in [0.15, 0.2) is 6.33 Å². The Kier molecular flexibility index (Phi) is 4.68. The van der Waals surface area contributed by atoms with Crippen LogP contribution in [0, 0.1) is 6.92 Å². The predicted octanol–water partition coefficient (Wildman–Crippen LogP) is 1.09. The molecule has 0 aliphatic carbocycles. The van der Waals surface area contributed by atoms with Crippen molar-refractivity contribution in [2.45, 2.75) is 20.3 Å². The maximum atomic E-state index is 10.8. The van der Waals surface area contributed by atoms with Gasteiger partial charge in [-0.1, -0.05) is 6.92 Å². The van der Waals surface area contributed by atoms with Gasteiger partial charge in [-0.05, 0) is 13.3 Å². The lowest BCUT2D eigenvalue weighted by Crippen LogP contribution is -2.31. The molecule has 6 heteroatoms. The van der Waals surface area contributed by atoms with Gasteiger partial charge in [-0.25, -0.2) is 9.97 Å². The maximum absolute atomic E-state index is 10.8. The third-order valence-corrected chi connectivity index (χ3v) is 2.32. The molecule has 1 rings (SSSR count). The van der Waals surface area contributed by atoms with Crippen LogP contribution in [0.2, 0.25) is 0 Å². The minimum Gasteiger partial charge on any atom is -0.481 e. The van der Waals surface area contributed by atoms with Gasteiger partial charge < -0.3 is 14.7 Å². The molecule has 1 aromatic rings. The van der Waals surface area contributed by atoms with Gasteiger partial charge in [-0.2, -0.15) is 0 Å². The van der Waals surface area contributed by atoms with Crippen molar-refractivity contribution in [1.29, 1.82) is 0 Å². The molecule has 94 valence electrons. The fourth-order valence-electron chi connectivity index (χ4n) is 1.64. The van der Waals surface area contributed by atoms with Crippen LogP contribution in [0.3, 0.4) is 0 Å². The Labute approximate surface area is 100 Å². The van der Waals surface area contributed by atoms with Crippen molar-refractivity contribution in [3.05, 3.63) is 11.9 Å². The summed E-state index contributed by atoms with van der Waals surface area (Å²) in [6.07, 6.45) is 2.23. The monoisotopic (exact) mass is 239 g/mol. The number of ether oxygens (including phenoxy) is 1. The Morgan fingerprint density at radius 3 is 2.76 bits per heavy atom. The molecule has 1 aromatic heterocycles. The molecule has 6 nitrogen and oxygen atoms in total. The second-order valence-electron chi connectivity index (χ2n) is 3.65. The third-order valence-electron chi connectivity index (χ3n) is 2.32. The molecular weight excluding hydrogens is 222 g/mol. The number of methoxy groups -OCH3 is 1. The van der Waals surface area contributed by atoms with Gasteiger partial charge in [-0.3, -0.25) is 4.79 Å². The zero-order valence-corrected chi connectivity index (χ0v) is 10.3. The lowest BCUT2D eigenvalue weighted by molar-refractivity contribution is -0.135. The highest BCUT2D eigenvalue weighted by molar-refractivity contribution is 5.73. The molecule has 1 N–H and O–H groups in total. The highest BCUT2D eigenvalue weighted by Gasteiger charge is 2.16. The first kappa shape index (κ1) is 13.2. The molecule has 0 saturated carbocycles. The molecule has 0 unspecified atom stereocenters. The molecule has 0 amide bonds. The molecule has 0 atom stereocenters. The van der Waals surface area contributed by atoms with Crippen LogP contribution in [0.5, 0.6) is 5.88 Å². The van der Waals surface area contributed by atoms with E-state index in [2.05, 4.69) is 9.97 Å². The highest BCUT2D eigenvalue weighted by atomic mass is 16.5. The minimum absolute atomic E-state index is 0.0746. The average molecular weight is 239 g/mol. The Morgan fingerprint density at radius 2 is 2.24 bits per heavy atom. The number of rotatable bonds is 6. The van der Waals surface area contributed by atoms with Gasteiger partial charge in [-0.15, -0.1) is 0 Å². The van der Waals surface area contributed by atoms with Crippen LogP contribution in [0.4, 0.5) is 5.82 Å². The van der Waals surface area contributed by atoms with E-state index in [0.717, 1.165) is 12.0 Å².